The van der Waals surface area contributed by atoms with E-state index in [4.69, 9.17) is 11.6 Å². The lowest BCUT2D eigenvalue weighted by Gasteiger charge is -2.11. The van der Waals surface area contributed by atoms with Crippen LogP contribution in [0.25, 0.3) is 0 Å². The van der Waals surface area contributed by atoms with E-state index in [1.807, 2.05) is 31.2 Å². The van der Waals surface area contributed by atoms with E-state index in [1.165, 1.54) is 6.26 Å². The zero-order valence-corrected chi connectivity index (χ0v) is 14.7. The Morgan fingerprint density at radius 1 is 1.27 bits per heavy atom. The number of hydrogen-bond acceptors (Lipinski definition) is 3. The van der Waals surface area contributed by atoms with Gasteiger partial charge in [-0.3, -0.25) is 4.99 Å². The molecule has 0 saturated heterocycles. The quantitative estimate of drug-likeness (QED) is 0.428. The molecule has 22 heavy (non-hydrogen) atoms. The number of benzene rings is 1. The molecule has 2 N–H and O–H groups in total. The van der Waals surface area contributed by atoms with Gasteiger partial charge in [-0.25, -0.2) is 8.42 Å². The van der Waals surface area contributed by atoms with Gasteiger partial charge in [0.1, 0.15) is 9.84 Å². The molecule has 0 aliphatic heterocycles. The van der Waals surface area contributed by atoms with Crippen LogP contribution in [-0.4, -0.2) is 46.0 Å². The summed E-state index contributed by atoms with van der Waals surface area (Å²) in [5, 5.41) is 7.13. The van der Waals surface area contributed by atoms with Crippen molar-refractivity contribution in [3.63, 3.8) is 0 Å². The number of rotatable bonds is 8. The minimum atomic E-state index is -2.92. The van der Waals surface area contributed by atoms with Crippen LogP contribution in [0, 0.1) is 0 Å². The smallest absolute Gasteiger partial charge is 0.191 e. The highest BCUT2D eigenvalue weighted by Gasteiger charge is 2.02. The molecule has 1 rings (SSSR count). The summed E-state index contributed by atoms with van der Waals surface area (Å²) in [7, 11) is -2.92. The van der Waals surface area contributed by atoms with Gasteiger partial charge in [0.25, 0.3) is 0 Å². The minimum Gasteiger partial charge on any atom is -0.357 e. The van der Waals surface area contributed by atoms with Crippen molar-refractivity contribution >= 4 is 27.4 Å². The Morgan fingerprint density at radius 2 is 2.00 bits per heavy atom. The molecule has 0 saturated carbocycles. The molecule has 5 nitrogen and oxygen atoms in total. The zero-order valence-electron chi connectivity index (χ0n) is 13.1. The van der Waals surface area contributed by atoms with Gasteiger partial charge in [0.2, 0.25) is 0 Å². The Morgan fingerprint density at radius 3 is 2.64 bits per heavy atom. The molecule has 0 spiro atoms. The normalized spacial score (nSPS) is 12.2. The molecule has 124 valence electrons. The monoisotopic (exact) mass is 345 g/mol. The van der Waals surface area contributed by atoms with Gasteiger partial charge in [-0.2, -0.15) is 0 Å². The van der Waals surface area contributed by atoms with E-state index in [9.17, 15) is 8.42 Å². The van der Waals surface area contributed by atoms with Crippen molar-refractivity contribution in [2.24, 2.45) is 4.99 Å². The fourth-order valence-corrected chi connectivity index (χ4v) is 2.76. The van der Waals surface area contributed by atoms with Crippen molar-refractivity contribution in [3.8, 4) is 0 Å². The molecule has 0 heterocycles. The Bertz CT molecular complexity index is 588. The van der Waals surface area contributed by atoms with Crippen molar-refractivity contribution in [2.45, 2.75) is 19.8 Å². The maximum absolute atomic E-state index is 11.1. The molecule has 0 radical (unpaired) electrons. The summed E-state index contributed by atoms with van der Waals surface area (Å²) in [5.41, 5.74) is 1.09. The average molecular weight is 346 g/mol. The van der Waals surface area contributed by atoms with Crippen molar-refractivity contribution in [2.75, 3.05) is 31.6 Å². The fourth-order valence-electron chi connectivity index (χ4n) is 1.88. The van der Waals surface area contributed by atoms with E-state index < -0.39 is 9.84 Å². The highest BCUT2D eigenvalue weighted by molar-refractivity contribution is 7.90. The number of nitrogens with zero attached hydrogens (tertiary/aromatic N) is 1. The minimum absolute atomic E-state index is 0.162. The van der Waals surface area contributed by atoms with Gasteiger partial charge in [-0.05, 0) is 31.4 Å². The summed E-state index contributed by atoms with van der Waals surface area (Å²) < 4.78 is 22.1. The Kier molecular flexibility index (Phi) is 8.27. The molecule has 0 bridgehead atoms. The van der Waals surface area contributed by atoms with Crippen LogP contribution in [0.5, 0.6) is 0 Å². The van der Waals surface area contributed by atoms with Crippen LogP contribution in [0.3, 0.4) is 0 Å². The maximum Gasteiger partial charge on any atom is 0.191 e. The largest absolute Gasteiger partial charge is 0.357 e. The standard InChI is InChI=1S/C15H24ClN3O2S/c1-3-17-15(18-10-6-12-22(2,20)21)19-11-9-13-7-4-5-8-14(13)16/h4-5,7-8H,3,6,9-12H2,1-2H3,(H2,17,18,19). The molecule has 0 unspecified atom stereocenters. The van der Waals surface area contributed by atoms with Crippen LogP contribution in [0.15, 0.2) is 29.3 Å². The molecule has 0 fully saturated rings. The summed E-state index contributed by atoms with van der Waals surface area (Å²) in [6.07, 6.45) is 2.57. The Labute approximate surface area is 138 Å². The second-order valence-electron chi connectivity index (χ2n) is 5.01. The molecular weight excluding hydrogens is 322 g/mol. The number of nitrogens with one attached hydrogen (secondary N) is 2. The van der Waals surface area contributed by atoms with Gasteiger partial charge in [-0.1, -0.05) is 29.8 Å². The van der Waals surface area contributed by atoms with Crippen LogP contribution < -0.4 is 10.6 Å². The molecule has 0 aliphatic rings. The average Bonchev–Trinajstić information content (AvgIpc) is 2.44. The van der Waals surface area contributed by atoms with Gasteiger partial charge < -0.3 is 10.6 Å². The summed E-state index contributed by atoms with van der Waals surface area (Å²) in [6.45, 7) is 3.93. The Balaban J connectivity index is 2.41. The van der Waals surface area contributed by atoms with Gasteiger partial charge in [0.15, 0.2) is 5.96 Å². The van der Waals surface area contributed by atoms with Crippen molar-refractivity contribution < 1.29 is 8.42 Å². The first-order valence-electron chi connectivity index (χ1n) is 7.35. The van der Waals surface area contributed by atoms with E-state index in [0.29, 0.717) is 25.5 Å². The van der Waals surface area contributed by atoms with Crippen LogP contribution in [0.4, 0.5) is 0 Å². The zero-order chi connectivity index (χ0) is 16.4. The number of hydrogen-bond donors (Lipinski definition) is 2. The molecule has 0 amide bonds. The summed E-state index contributed by atoms with van der Waals surface area (Å²) in [5.74, 6) is 0.860. The van der Waals surface area contributed by atoms with Crippen molar-refractivity contribution in [1.82, 2.24) is 10.6 Å². The number of guanidine groups is 1. The predicted molar refractivity (Wildman–Crippen MR) is 93.5 cm³/mol. The molecule has 7 heteroatoms. The molecule has 0 atom stereocenters. The van der Waals surface area contributed by atoms with Gasteiger partial charge in [-0.15, -0.1) is 0 Å². The lowest BCUT2D eigenvalue weighted by Crippen LogP contribution is -2.38. The molecule has 1 aromatic rings. The predicted octanol–water partition coefficient (Wildman–Crippen LogP) is 1.87. The molecular formula is C15H24ClN3O2S. The van der Waals surface area contributed by atoms with E-state index in [1.54, 1.807) is 0 Å². The fraction of sp³-hybridized carbons (Fsp3) is 0.533. The van der Waals surface area contributed by atoms with Crippen LogP contribution in [-0.2, 0) is 16.3 Å². The summed E-state index contributed by atoms with van der Waals surface area (Å²) >= 11 is 6.12. The first kappa shape index (κ1) is 18.8. The van der Waals surface area contributed by atoms with Crippen LogP contribution in [0.2, 0.25) is 5.02 Å². The molecule has 0 aliphatic carbocycles. The van der Waals surface area contributed by atoms with Gasteiger partial charge in [0, 0.05) is 30.9 Å². The van der Waals surface area contributed by atoms with Crippen LogP contribution in [0.1, 0.15) is 18.9 Å². The maximum atomic E-state index is 11.1. The number of sulfone groups is 1. The highest BCUT2D eigenvalue weighted by Crippen LogP contribution is 2.14. The van der Waals surface area contributed by atoms with E-state index in [0.717, 1.165) is 23.6 Å². The second-order valence-corrected chi connectivity index (χ2v) is 7.68. The molecule has 0 aromatic heterocycles. The first-order valence-corrected chi connectivity index (χ1v) is 9.79. The lowest BCUT2D eigenvalue weighted by atomic mass is 10.1. The third-order valence-electron chi connectivity index (χ3n) is 2.93. The Hall–Kier alpha value is -1.27. The van der Waals surface area contributed by atoms with Crippen LogP contribution >= 0.6 is 11.6 Å². The lowest BCUT2D eigenvalue weighted by molar-refractivity contribution is 0.599. The van der Waals surface area contributed by atoms with Crippen molar-refractivity contribution in [1.29, 1.82) is 0 Å². The first-order chi connectivity index (χ1) is 10.4. The summed E-state index contributed by atoms with van der Waals surface area (Å²) in [6, 6.07) is 7.75. The third-order valence-corrected chi connectivity index (χ3v) is 4.33. The molecule has 1 aromatic carbocycles. The SMILES string of the molecule is CCNC(=NCCCS(C)(=O)=O)NCCc1ccccc1Cl. The van der Waals surface area contributed by atoms with E-state index in [2.05, 4.69) is 15.6 Å². The highest BCUT2D eigenvalue weighted by atomic mass is 35.5. The number of halogens is 1. The topological polar surface area (TPSA) is 70.6 Å². The third kappa shape index (κ3) is 8.24. The second kappa shape index (κ2) is 9.69. The van der Waals surface area contributed by atoms with Crippen molar-refractivity contribution in [3.05, 3.63) is 34.9 Å². The number of aliphatic imine (C=N–C) groups is 1. The van der Waals surface area contributed by atoms with Gasteiger partial charge >= 0.3 is 0 Å². The van der Waals surface area contributed by atoms with Gasteiger partial charge in [0.05, 0.1) is 5.75 Å². The summed E-state index contributed by atoms with van der Waals surface area (Å²) in [4.78, 5) is 4.37. The van der Waals surface area contributed by atoms with E-state index >= 15 is 0 Å². The van der Waals surface area contributed by atoms with E-state index in [-0.39, 0.29) is 5.75 Å².